The number of carbonyl (C=O) groups is 1. The summed E-state index contributed by atoms with van der Waals surface area (Å²) in [5.74, 6) is -0.0132. The zero-order chi connectivity index (χ0) is 14.5. The van der Waals surface area contributed by atoms with Gasteiger partial charge in [0.05, 0.1) is 23.4 Å². The molecule has 1 atom stereocenters. The number of aromatic nitrogens is 2. The van der Waals surface area contributed by atoms with Crippen molar-refractivity contribution in [2.45, 2.75) is 26.4 Å². The number of hydrogen-bond donors (Lipinski definition) is 1. The van der Waals surface area contributed by atoms with Crippen molar-refractivity contribution in [2.75, 3.05) is 32.8 Å². The van der Waals surface area contributed by atoms with Crippen molar-refractivity contribution < 1.29 is 9.53 Å². The van der Waals surface area contributed by atoms with E-state index in [9.17, 15) is 4.79 Å². The summed E-state index contributed by atoms with van der Waals surface area (Å²) in [6.45, 7) is 8.47. The molecule has 1 saturated heterocycles. The van der Waals surface area contributed by atoms with E-state index < -0.39 is 0 Å². The molecular formula is C13H21BrN4O2. The summed E-state index contributed by atoms with van der Waals surface area (Å²) in [5, 5.41) is 7.26. The van der Waals surface area contributed by atoms with Gasteiger partial charge in [-0.2, -0.15) is 5.10 Å². The highest BCUT2D eigenvalue weighted by Crippen LogP contribution is 2.12. The number of halogens is 1. The van der Waals surface area contributed by atoms with Crippen LogP contribution in [-0.4, -0.2) is 59.5 Å². The lowest BCUT2D eigenvalue weighted by molar-refractivity contribution is -0.122. The van der Waals surface area contributed by atoms with Crippen molar-refractivity contribution in [3.8, 4) is 0 Å². The first kappa shape index (κ1) is 15.5. The second kappa shape index (κ2) is 7.19. The van der Waals surface area contributed by atoms with Crippen molar-refractivity contribution >= 4 is 21.8 Å². The molecule has 1 aliphatic heterocycles. The summed E-state index contributed by atoms with van der Waals surface area (Å²) in [5.41, 5.74) is 0.888. The monoisotopic (exact) mass is 344 g/mol. The normalized spacial score (nSPS) is 17.9. The fourth-order valence-corrected chi connectivity index (χ4v) is 2.57. The third kappa shape index (κ3) is 4.57. The van der Waals surface area contributed by atoms with Crippen LogP contribution in [-0.2, 0) is 16.1 Å². The summed E-state index contributed by atoms with van der Waals surface area (Å²) < 4.78 is 7.88. The van der Waals surface area contributed by atoms with Gasteiger partial charge in [-0.05, 0) is 29.8 Å². The van der Waals surface area contributed by atoms with E-state index in [1.807, 2.05) is 20.0 Å². The van der Waals surface area contributed by atoms with Crippen LogP contribution in [0.1, 0.15) is 12.6 Å². The quantitative estimate of drug-likeness (QED) is 0.857. The van der Waals surface area contributed by atoms with Gasteiger partial charge in [0.15, 0.2) is 0 Å². The molecule has 1 aromatic heterocycles. The average Bonchev–Trinajstić information content (AvgIpc) is 2.68. The van der Waals surface area contributed by atoms with Crippen LogP contribution in [0, 0.1) is 6.92 Å². The highest BCUT2D eigenvalue weighted by atomic mass is 79.9. The second-order valence-electron chi connectivity index (χ2n) is 5.14. The Balaban J connectivity index is 1.75. The minimum Gasteiger partial charge on any atom is -0.379 e. The number of nitrogens with one attached hydrogen (secondary N) is 1. The van der Waals surface area contributed by atoms with E-state index in [4.69, 9.17) is 4.74 Å². The number of ether oxygens (including phenoxy) is 1. The van der Waals surface area contributed by atoms with Crippen LogP contribution in [0.15, 0.2) is 10.7 Å². The average molecular weight is 345 g/mol. The van der Waals surface area contributed by atoms with Crippen molar-refractivity contribution in [3.05, 3.63) is 16.4 Å². The van der Waals surface area contributed by atoms with E-state index in [2.05, 4.69) is 31.2 Å². The number of rotatable bonds is 5. The first-order valence-corrected chi connectivity index (χ1v) is 7.63. The molecule has 1 amide bonds. The summed E-state index contributed by atoms with van der Waals surface area (Å²) >= 11 is 3.39. The molecule has 2 heterocycles. The lowest BCUT2D eigenvalue weighted by Gasteiger charge is -2.29. The molecule has 20 heavy (non-hydrogen) atoms. The number of nitrogens with zero attached hydrogens (tertiary/aromatic N) is 3. The zero-order valence-electron chi connectivity index (χ0n) is 11.9. The minimum atomic E-state index is -0.0132. The molecule has 1 N–H and O–H groups in total. The van der Waals surface area contributed by atoms with Crippen LogP contribution in [0.4, 0.5) is 0 Å². The molecule has 0 aliphatic carbocycles. The Hall–Kier alpha value is -0.920. The van der Waals surface area contributed by atoms with Crippen molar-refractivity contribution in [1.29, 1.82) is 0 Å². The van der Waals surface area contributed by atoms with E-state index in [-0.39, 0.29) is 18.5 Å². The number of morpholine rings is 1. The Labute approximate surface area is 127 Å². The Kier molecular flexibility index (Phi) is 5.56. The maximum atomic E-state index is 12.0. The van der Waals surface area contributed by atoms with Gasteiger partial charge in [0, 0.05) is 31.9 Å². The molecule has 0 radical (unpaired) electrons. The van der Waals surface area contributed by atoms with Gasteiger partial charge in [0.25, 0.3) is 0 Å². The lowest BCUT2D eigenvalue weighted by Crippen LogP contribution is -2.46. The molecular weight excluding hydrogens is 324 g/mol. The number of aryl methyl sites for hydroxylation is 1. The molecule has 0 aromatic carbocycles. The first-order chi connectivity index (χ1) is 9.54. The molecule has 0 spiro atoms. The zero-order valence-corrected chi connectivity index (χ0v) is 13.5. The summed E-state index contributed by atoms with van der Waals surface area (Å²) in [6.07, 6.45) is 1.82. The van der Waals surface area contributed by atoms with Gasteiger partial charge in [-0.15, -0.1) is 0 Å². The Bertz CT molecular complexity index is 438. The second-order valence-corrected chi connectivity index (χ2v) is 6.00. The van der Waals surface area contributed by atoms with Gasteiger partial charge in [0.2, 0.25) is 5.91 Å². The Morgan fingerprint density at radius 3 is 2.85 bits per heavy atom. The molecule has 2 rings (SSSR count). The maximum absolute atomic E-state index is 12.0. The van der Waals surface area contributed by atoms with Crippen LogP contribution < -0.4 is 5.32 Å². The third-order valence-electron chi connectivity index (χ3n) is 3.24. The molecule has 0 bridgehead atoms. The molecule has 1 fully saturated rings. The Morgan fingerprint density at radius 2 is 2.25 bits per heavy atom. The number of carbonyl (C=O) groups excluding carboxylic acids is 1. The predicted octanol–water partition coefficient (Wildman–Crippen LogP) is 0.791. The largest absolute Gasteiger partial charge is 0.379 e. The van der Waals surface area contributed by atoms with Gasteiger partial charge >= 0.3 is 0 Å². The predicted molar refractivity (Wildman–Crippen MR) is 79.5 cm³/mol. The highest BCUT2D eigenvalue weighted by Gasteiger charge is 2.15. The van der Waals surface area contributed by atoms with Gasteiger partial charge in [-0.1, -0.05) is 0 Å². The number of amides is 1. The van der Waals surface area contributed by atoms with E-state index >= 15 is 0 Å². The van der Waals surface area contributed by atoms with E-state index in [0.717, 1.165) is 43.0 Å². The van der Waals surface area contributed by atoms with E-state index in [0.29, 0.717) is 0 Å². The van der Waals surface area contributed by atoms with Crippen molar-refractivity contribution in [3.63, 3.8) is 0 Å². The topological polar surface area (TPSA) is 59.4 Å². The van der Waals surface area contributed by atoms with E-state index in [1.165, 1.54) is 0 Å². The van der Waals surface area contributed by atoms with Crippen LogP contribution in [0.2, 0.25) is 0 Å². The standard InChI is InChI=1S/C13H21BrN4O2/c1-10(7-17-3-5-20-6-4-17)15-13(19)9-18-8-12(14)11(2)16-18/h8,10H,3-7,9H2,1-2H3,(H,15,19)/t10-/m0/s1. The maximum Gasteiger partial charge on any atom is 0.241 e. The molecule has 1 aromatic rings. The van der Waals surface area contributed by atoms with Crippen LogP contribution >= 0.6 is 15.9 Å². The fourth-order valence-electron chi connectivity index (χ4n) is 2.26. The van der Waals surface area contributed by atoms with Gasteiger partial charge in [-0.25, -0.2) is 0 Å². The molecule has 7 heteroatoms. The van der Waals surface area contributed by atoms with E-state index in [1.54, 1.807) is 4.68 Å². The van der Waals surface area contributed by atoms with Crippen molar-refractivity contribution in [1.82, 2.24) is 20.0 Å². The summed E-state index contributed by atoms with van der Waals surface area (Å²) in [7, 11) is 0. The first-order valence-electron chi connectivity index (χ1n) is 6.83. The molecule has 1 aliphatic rings. The van der Waals surface area contributed by atoms with Gasteiger partial charge < -0.3 is 10.1 Å². The molecule has 0 unspecified atom stereocenters. The molecule has 6 nitrogen and oxygen atoms in total. The third-order valence-corrected chi connectivity index (χ3v) is 4.01. The molecule has 0 saturated carbocycles. The van der Waals surface area contributed by atoms with Gasteiger partial charge in [0.1, 0.15) is 6.54 Å². The van der Waals surface area contributed by atoms with Crippen molar-refractivity contribution in [2.24, 2.45) is 0 Å². The summed E-state index contributed by atoms with van der Waals surface area (Å²) in [4.78, 5) is 14.3. The summed E-state index contributed by atoms with van der Waals surface area (Å²) in [6, 6.07) is 0.126. The van der Waals surface area contributed by atoms with Crippen LogP contribution in [0.3, 0.4) is 0 Å². The minimum absolute atomic E-state index is 0.0132. The van der Waals surface area contributed by atoms with Crippen LogP contribution in [0.5, 0.6) is 0 Å². The smallest absolute Gasteiger partial charge is 0.241 e. The molecule has 112 valence electrons. The lowest BCUT2D eigenvalue weighted by atomic mass is 10.3. The number of hydrogen-bond acceptors (Lipinski definition) is 4. The fraction of sp³-hybridized carbons (Fsp3) is 0.692. The SMILES string of the molecule is Cc1nn(CC(=O)N[C@@H](C)CN2CCOCC2)cc1Br. The van der Waals surface area contributed by atoms with Crippen LogP contribution in [0.25, 0.3) is 0 Å². The van der Waals surface area contributed by atoms with Gasteiger partial charge in [-0.3, -0.25) is 14.4 Å². The highest BCUT2D eigenvalue weighted by molar-refractivity contribution is 9.10. The Morgan fingerprint density at radius 1 is 1.55 bits per heavy atom.